The van der Waals surface area contributed by atoms with Gasteiger partial charge in [-0.3, -0.25) is 4.79 Å². The summed E-state index contributed by atoms with van der Waals surface area (Å²) in [6.45, 7) is 0.463. The van der Waals surface area contributed by atoms with E-state index in [0.29, 0.717) is 24.5 Å². The Labute approximate surface area is 114 Å². The summed E-state index contributed by atoms with van der Waals surface area (Å²) < 4.78 is 6.50. The van der Waals surface area contributed by atoms with Crippen molar-refractivity contribution >= 4 is 28.0 Å². The van der Waals surface area contributed by atoms with Crippen LogP contribution < -0.4 is 10.1 Å². The number of para-hydroxylation sites is 1. The van der Waals surface area contributed by atoms with Crippen LogP contribution >= 0.6 is 15.9 Å². The molecule has 92 valence electrons. The minimum Gasteiger partial charge on any atom is -0.487 e. The smallest absolute Gasteiger partial charge is 0.211 e. The molecule has 0 unspecified atom stereocenters. The third-order valence-electron chi connectivity index (χ3n) is 2.42. The van der Waals surface area contributed by atoms with Gasteiger partial charge in [0, 0.05) is 4.47 Å². The maximum Gasteiger partial charge on any atom is 0.211 e. The summed E-state index contributed by atoms with van der Waals surface area (Å²) in [6, 6.07) is 15.4. The Hall–Kier alpha value is -1.81. The highest BCUT2D eigenvalue weighted by Gasteiger charge is 2.07. The number of hydrogen-bond donors (Lipinski definition) is 1. The second-order valence-corrected chi connectivity index (χ2v) is 4.50. The fourth-order valence-corrected chi connectivity index (χ4v) is 2.02. The zero-order chi connectivity index (χ0) is 12.8. The molecule has 0 saturated heterocycles. The van der Waals surface area contributed by atoms with Crippen molar-refractivity contribution in [1.82, 2.24) is 0 Å². The number of benzene rings is 2. The monoisotopic (exact) mass is 305 g/mol. The summed E-state index contributed by atoms with van der Waals surface area (Å²) in [5.41, 5.74) is 1.72. The summed E-state index contributed by atoms with van der Waals surface area (Å²) in [5.74, 6) is 0.639. The van der Waals surface area contributed by atoms with Crippen molar-refractivity contribution < 1.29 is 9.53 Å². The number of nitrogens with one attached hydrogen (secondary N) is 1. The molecular formula is C14H12BrNO2. The van der Waals surface area contributed by atoms with Gasteiger partial charge < -0.3 is 10.1 Å². The molecule has 2 aromatic rings. The van der Waals surface area contributed by atoms with E-state index in [1.165, 1.54) is 0 Å². The third-order valence-corrected chi connectivity index (χ3v) is 3.08. The molecule has 1 N–H and O–H groups in total. The lowest BCUT2D eigenvalue weighted by Crippen LogP contribution is -2.01. The third kappa shape index (κ3) is 3.11. The molecule has 0 spiro atoms. The predicted molar refractivity (Wildman–Crippen MR) is 74.6 cm³/mol. The number of ether oxygens (including phenoxy) is 1. The van der Waals surface area contributed by atoms with Gasteiger partial charge in [-0.2, -0.15) is 0 Å². The van der Waals surface area contributed by atoms with Crippen LogP contribution in [0.3, 0.4) is 0 Å². The fraction of sp³-hybridized carbons (Fsp3) is 0.0714. The van der Waals surface area contributed by atoms with Crippen molar-refractivity contribution in [3.63, 3.8) is 0 Å². The number of rotatable bonds is 5. The van der Waals surface area contributed by atoms with Crippen molar-refractivity contribution in [3.05, 3.63) is 58.6 Å². The largest absolute Gasteiger partial charge is 0.487 e. The van der Waals surface area contributed by atoms with Crippen LogP contribution in [0, 0.1) is 0 Å². The van der Waals surface area contributed by atoms with Crippen LogP contribution in [0.4, 0.5) is 5.69 Å². The number of halogens is 1. The van der Waals surface area contributed by atoms with Crippen LogP contribution in [0.2, 0.25) is 0 Å². The van der Waals surface area contributed by atoms with Crippen LogP contribution in [0.15, 0.2) is 53.0 Å². The molecule has 1 amide bonds. The van der Waals surface area contributed by atoms with Crippen molar-refractivity contribution in [2.75, 3.05) is 5.32 Å². The molecule has 2 rings (SSSR count). The molecule has 0 aliphatic heterocycles. The van der Waals surface area contributed by atoms with Crippen LogP contribution in [0.1, 0.15) is 5.56 Å². The van der Waals surface area contributed by atoms with Gasteiger partial charge >= 0.3 is 0 Å². The Morgan fingerprint density at radius 3 is 2.61 bits per heavy atom. The van der Waals surface area contributed by atoms with E-state index in [4.69, 9.17) is 4.74 Å². The first-order valence-corrected chi connectivity index (χ1v) is 6.26. The van der Waals surface area contributed by atoms with E-state index in [-0.39, 0.29) is 0 Å². The second-order valence-electron chi connectivity index (χ2n) is 3.65. The fourth-order valence-electron chi connectivity index (χ4n) is 1.56. The molecule has 0 saturated carbocycles. The van der Waals surface area contributed by atoms with Gasteiger partial charge in [0.1, 0.15) is 12.4 Å². The molecule has 18 heavy (non-hydrogen) atoms. The molecule has 2 aromatic carbocycles. The molecule has 3 nitrogen and oxygen atoms in total. The maximum atomic E-state index is 10.6. The van der Waals surface area contributed by atoms with E-state index in [1.54, 1.807) is 0 Å². The SMILES string of the molecule is O=CNc1c(Br)cccc1OCc1ccccc1. The van der Waals surface area contributed by atoms with E-state index >= 15 is 0 Å². The van der Waals surface area contributed by atoms with Crippen LogP contribution in [-0.4, -0.2) is 6.41 Å². The molecule has 0 aliphatic carbocycles. The molecule has 0 bridgehead atoms. The lowest BCUT2D eigenvalue weighted by molar-refractivity contribution is -0.105. The van der Waals surface area contributed by atoms with Crippen LogP contribution in [0.5, 0.6) is 5.75 Å². The predicted octanol–water partition coefficient (Wildman–Crippen LogP) is 3.60. The highest BCUT2D eigenvalue weighted by atomic mass is 79.9. The quantitative estimate of drug-likeness (QED) is 0.857. The van der Waals surface area contributed by atoms with E-state index in [2.05, 4.69) is 21.2 Å². The number of anilines is 1. The minimum atomic E-state index is 0.463. The van der Waals surface area contributed by atoms with Gasteiger partial charge in [-0.1, -0.05) is 36.4 Å². The van der Waals surface area contributed by atoms with E-state index in [9.17, 15) is 4.79 Å². The van der Waals surface area contributed by atoms with Gasteiger partial charge in [-0.25, -0.2) is 0 Å². The van der Waals surface area contributed by atoms with Gasteiger partial charge in [-0.05, 0) is 33.6 Å². The summed E-state index contributed by atoms with van der Waals surface area (Å²) in [4.78, 5) is 10.6. The highest BCUT2D eigenvalue weighted by molar-refractivity contribution is 9.10. The molecule has 4 heteroatoms. The Balaban J connectivity index is 2.14. The average molecular weight is 306 g/mol. The molecule has 0 radical (unpaired) electrons. The normalized spacial score (nSPS) is 9.83. The topological polar surface area (TPSA) is 38.3 Å². The van der Waals surface area contributed by atoms with Crippen LogP contribution in [0.25, 0.3) is 0 Å². The van der Waals surface area contributed by atoms with Crippen molar-refractivity contribution in [3.8, 4) is 5.75 Å². The molecule has 0 aliphatic rings. The number of amides is 1. The number of hydrogen-bond acceptors (Lipinski definition) is 2. The van der Waals surface area contributed by atoms with Crippen molar-refractivity contribution in [2.24, 2.45) is 0 Å². The van der Waals surface area contributed by atoms with Gasteiger partial charge in [-0.15, -0.1) is 0 Å². The van der Waals surface area contributed by atoms with Crippen molar-refractivity contribution in [2.45, 2.75) is 6.61 Å². The number of carbonyl (C=O) groups excluding carboxylic acids is 1. The Bertz CT molecular complexity index is 529. The Morgan fingerprint density at radius 2 is 1.89 bits per heavy atom. The molecule has 0 heterocycles. The lowest BCUT2D eigenvalue weighted by atomic mass is 10.2. The van der Waals surface area contributed by atoms with E-state index in [1.807, 2.05) is 48.5 Å². The lowest BCUT2D eigenvalue weighted by Gasteiger charge is -2.12. The zero-order valence-electron chi connectivity index (χ0n) is 9.60. The van der Waals surface area contributed by atoms with Gasteiger partial charge in [0.25, 0.3) is 0 Å². The van der Waals surface area contributed by atoms with Gasteiger partial charge in [0.15, 0.2) is 0 Å². The van der Waals surface area contributed by atoms with E-state index < -0.39 is 0 Å². The summed E-state index contributed by atoms with van der Waals surface area (Å²) in [6.07, 6.45) is 0.634. The summed E-state index contributed by atoms with van der Waals surface area (Å²) in [7, 11) is 0. The molecule has 0 atom stereocenters. The molecule has 0 aromatic heterocycles. The van der Waals surface area contributed by atoms with Crippen LogP contribution in [-0.2, 0) is 11.4 Å². The average Bonchev–Trinajstić information content (AvgIpc) is 2.41. The second kappa shape index (κ2) is 6.21. The Morgan fingerprint density at radius 1 is 1.11 bits per heavy atom. The Kier molecular flexibility index (Phi) is 4.36. The van der Waals surface area contributed by atoms with Gasteiger partial charge in [0.05, 0.1) is 5.69 Å². The molecular weight excluding hydrogens is 294 g/mol. The zero-order valence-corrected chi connectivity index (χ0v) is 11.2. The minimum absolute atomic E-state index is 0.463. The van der Waals surface area contributed by atoms with E-state index in [0.717, 1.165) is 10.0 Å². The first-order valence-electron chi connectivity index (χ1n) is 5.46. The first-order chi connectivity index (χ1) is 8.81. The van der Waals surface area contributed by atoms with Crippen molar-refractivity contribution in [1.29, 1.82) is 0 Å². The first kappa shape index (κ1) is 12.6. The standard InChI is InChI=1S/C14H12BrNO2/c15-12-7-4-8-13(14(12)16-10-17)18-9-11-5-2-1-3-6-11/h1-8,10H,9H2,(H,16,17). The summed E-state index contributed by atoms with van der Waals surface area (Å²) in [5, 5.41) is 2.63. The number of carbonyl (C=O) groups is 1. The summed E-state index contributed by atoms with van der Waals surface area (Å²) >= 11 is 3.37. The molecule has 0 fully saturated rings. The van der Waals surface area contributed by atoms with Gasteiger partial charge in [0.2, 0.25) is 6.41 Å². The maximum absolute atomic E-state index is 10.6. The highest BCUT2D eigenvalue weighted by Crippen LogP contribution is 2.32.